The number of allylic oxidation sites excluding steroid dienone is 1. The summed E-state index contributed by atoms with van der Waals surface area (Å²) in [5.74, 6) is -0.00733. The first kappa shape index (κ1) is 11.3. The first-order valence-electron chi connectivity index (χ1n) is 5.43. The third kappa shape index (κ3) is 2.66. The second kappa shape index (κ2) is 5.21. The van der Waals surface area contributed by atoms with Gasteiger partial charge in [-0.3, -0.25) is 4.79 Å². The molecule has 86 valence electrons. The molecule has 2 aromatic rings. The van der Waals surface area contributed by atoms with Crippen LogP contribution in [0.1, 0.15) is 23.3 Å². The van der Waals surface area contributed by atoms with Crippen LogP contribution in [0.3, 0.4) is 0 Å². The number of benzene rings is 1. The summed E-state index contributed by atoms with van der Waals surface area (Å²) in [6, 6.07) is 9.49. The molecule has 0 saturated carbocycles. The third-order valence-corrected chi connectivity index (χ3v) is 2.34. The topological polar surface area (TPSA) is 47.8 Å². The zero-order valence-corrected chi connectivity index (χ0v) is 9.41. The summed E-state index contributed by atoms with van der Waals surface area (Å²) in [6.45, 7) is 3.59. The maximum Gasteiger partial charge on any atom is 0.185 e. The molecule has 0 spiro atoms. The first-order valence-corrected chi connectivity index (χ1v) is 5.43. The van der Waals surface area contributed by atoms with Gasteiger partial charge in [-0.25, -0.2) is 0 Å². The van der Waals surface area contributed by atoms with Gasteiger partial charge in [-0.1, -0.05) is 24.3 Å². The van der Waals surface area contributed by atoms with E-state index in [0.717, 1.165) is 5.69 Å². The summed E-state index contributed by atoms with van der Waals surface area (Å²) < 4.78 is 0. The van der Waals surface area contributed by atoms with Crippen molar-refractivity contribution in [3.8, 4) is 5.69 Å². The van der Waals surface area contributed by atoms with Crippen molar-refractivity contribution in [1.29, 1.82) is 0 Å². The van der Waals surface area contributed by atoms with E-state index in [1.807, 2.05) is 30.3 Å². The standard InChI is InChI=1S/C13H13N3O/c1-2-3-9-13(17)12-10-14-16(15-12)11-7-5-4-6-8-11/h2,4-8,10H,1,3,9H2. The van der Waals surface area contributed by atoms with Crippen molar-refractivity contribution in [2.45, 2.75) is 12.8 Å². The largest absolute Gasteiger partial charge is 0.292 e. The Hall–Kier alpha value is -2.23. The predicted octanol–water partition coefficient (Wildman–Crippen LogP) is 2.42. The van der Waals surface area contributed by atoms with E-state index in [9.17, 15) is 4.79 Å². The molecule has 1 aromatic heterocycles. The molecular formula is C13H13N3O. The van der Waals surface area contributed by atoms with Crippen LogP contribution < -0.4 is 0 Å². The fourth-order valence-electron chi connectivity index (χ4n) is 1.44. The van der Waals surface area contributed by atoms with Crippen LogP contribution in [0.5, 0.6) is 0 Å². The molecule has 0 amide bonds. The van der Waals surface area contributed by atoms with Crippen molar-refractivity contribution in [3.63, 3.8) is 0 Å². The number of para-hydroxylation sites is 1. The maximum atomic E-state index is 11.7. The molecule has 0 aliphatic rings. The molecular weight excluding hydrogens is 214 g/mol. The maximum absolute atomic E-state index is 11.7. The lowest BCUT2D eigenvalue weighted by atomic mass is 10.2. The van der Waals surface area contributed by atoms with Gasteiger partial charge in [-0.05, 0) is 18.6 Å². The Kier molecular flexibility index (Phi) is 3.45. The van der Waals surface area contributed by atoms with Crippen LogP contribution in [0.25, 0.3) is 5.69 Å². The molecule has 0 atom stereocenters. The highest BCUT2D eigenvalue weighted by Crippen LogP contribution is 2.06. The molecule has 0 radical (unpaired) electrons. The molecule has 0 unspecified atom stereocenters. The minimum absolute atomic E-state index is 0.00733. The quantitative estimate of drug-likeness (QED) is 0.582. The molecule has 0 saturated heterocycles. The first-order chi connectivity index (χ1) is 8.31. The van der Waals surface area contributed by atoms with Crippen molar-refractivity contribution < 1.29 is 4.79 Å². The summed E-state index contributed by atoms with van der Waals surface area (Å²) in [4.78, 5) is 13.1. The SMILES string of the molecule is C=CCCC(=O)c1cnn(-c2ccccc2)n1. The highest BCUT2D eigenvalue weighted by atomic mass is 16.1. The molecule has 0 fully saturated rings. The Morgan fingerprint density at radius 3 is 2.82 bits per heavy atom. The Labute approximate surface area is 99.6 Å². The zero-order chi connectivity index (χ0) is 12.1. The normalized spacial score (nSPS) is 10.1. The van der Waals surface area contributed by atoms with E-state index in [2.05, 4.69) is 16.8 Å². The summed E-state index contributed by atoms with van der Waals surface area (Å²) >= 11 is 0. The second-order valence-electron chi connectivity index (χ2n) is 3.61. The van der Waals surface area contributed by atoms with Gasteiger partial charge in [0.05, 0.1) is 11.9 Å². The number of carbonyl (C=O) groups is 1. The number of hydrogen-bond donors (Lipinski definition) is 0. The highest BCUT2D eigenvalue weighted by molar-refractivity contribution is 5.93. The van der Waals surface area contributed by atoms with E-state index in [0.29, 0.717) is 18.5 Å². The lowest BCUT2D eigenvalue weighted by Crippen LogP contribution is -2.02. The van der Waals surface area contributed by atoms with Crippen LogP contribution in [-0.2, 0) is 0 Å². The monoisotopic (exact) mass is 227 g/mol. The number of aromatic nitrogens is 3. The Morgan fingerprint density at radius 2 is 2.12 bits per heavy atom. The summed E-state index contributed by atoms with van der Waals surface area (Å²) in [6.07, 6.45) is 4.31. The number of rotatable bonds is 5. The Bertz CT molecular complexity index is 516. The third-order valence-electron chi connectivity index (χ3n) is 2.34. The molecule has 0 aliphatic carbocycles. The number of Topliss-reactive ketones (excluding diaryl/α,β-unsaturated/α-hetero) is 1. The van der Waals surface area contributed by atoms with Gasteiger partial charge in [0.25, 0.3) is 0 Å². The minimum Gasteiger partial charge on any atom is -0.292 e. The van der Waals surface area contributed by atoms with Crippen LogP contribution in [0.15, 0.2) is 49.2 Å². The highest BCUT2D eigenvalue weighted by Gasteiger charge is 2.10. The molecule has 1 heterocycles. The van der Waals surface area contributed by atoms with Crippen LogP contribution in [0.4, 0.5) is 0 Å². The van der Waals surface area contributed by atoms with E-state index < -0.39 is 0 Å². The Morgan fingerprint density at radius 1 is 1.35 bits per heavy atom. The molecule has 4 heteroatoms. The zero-order valence-electron chi connectivity index (χ0n) is 9.41. The van der Waals surface area contributed by atoms with Crippen molar-refractivity contribution in [2.24, 2.45) is 0 Å². The average molecular weight is 227 g/mol. The van der Waals surface area contributed by atoms with Gasteiger partial charge in [0.2, 0.25) is 0 Å². The van der Waals surface area contributed by atoms with Crippen LogP contribution in [-0.4, -0.2) is 20.8 Å². The second-order valence-corrected chi connectivity index (χ2v) is 3.61. The molecule has 1 aromatic carbocycles. The van der Waals surface area contributed by atoms with E-state index in [1.165, 1.54) is 11.0 Å². The van der Waals surface area contributed by atoms with Crippen LogP contribution in [0, 0.1) is 0 Å². The molecule has 4 nitrogen and oxygen atoms in total. The summed E-state index contributed by atoms with van der Waals surface area (Å²) in [7, 11) is 0. The van der Waals surface area contributed by atoms with Crippen LogP contribution >= 0.6 is 0 Å². The van der Waals surface area contributed by atoms with Crippen LogP contribution in [0.2, 0.25) is 0 Å². The Balaban J connectivity index is 2.16. The van der Waals surface area contributed by atoms with E-state index >= 15 is 0 Å². The lowest BCUT2D eigenvalue weighted by Gasteiger charge is -1.97. The number of hydrogen-bond acceptors (Lipinski definition) is 3. The molecule has 2 rings (SSSR count). The molecule has 0 N–H and O–H groups in total. The van der Waals surface area contributed by atoms with Gasteiger partial charge < -0.3 is 0 Å². The fraction of sp³-hybridized carbons (Fsp3) is 0.154. The number of carbonyl (C=O) groups excluding carboxylic acids is 1. The minimum atomic E-state index is -0.00733. The smallest absolute Gasteiger partial charge is 0.185 e. The molecule has 0 aliphatic heterocycles. The molecule has 17 heavy (non-hydrogen) atoms. The van der Waals surface area contributed by atoms with Gasteiger partial charge in [0, 0.05) is 6.42 Å². The fourth-order valence-corrected chi connectivity index (χ4v) is 1.44. The van der Waals surface area contributed by atoms with Crippen molar-refractivity contribution in [3.05, 3.63) is 54.9 Å². The average Bonchev–Trinajstić information content (AvgIpc) is 2.86. The van der Waals surface area contributed by atoms with Gasteiger partial charge in [0.1, 0.15) is 5.69 Å². The van der Waals surface area contributed by atoms with E-state index in [-0.39, 0.29) is 5.78 Å². The van der Waals surface area contributed by atoms with Gasteiger partial charge >= 0.3 is 0 Å². The van der Waals surface area contributed by atoms with Gasteiger partial charge in [-0.15, -0.1) is 11.7 Å². The summed E-state index contributed by atoms with van der Waals surface area (Å²) in [5.41, 5.74) is 1.24. The van der Waals surface area contributed by atoms with E-state index in [1.54, 1.807) is 6.08 Å². The van der Waals surface area contributed by atoms with Crippen molar-refractivity contribution in [2.75, 3.05) is 0 Å². The van der Waals surface area contributed by atoms with Gasteiger partial charge in [0.15, 0.2) is 5.78 Å². The van der Waals surface area contributed by atoms with E-state index in [4.69, 9.17) is 0 Å². The lowest BCUT2D eigenvalue weighted by molar-refractivity contribution is 0.0978. The van der Waals surface area contributed by atoms with Crippen molar-refractivity contribution in [1.82, 2.24) is 15.0 Å². The number of nitrogens with zero attached hydrogens (tertiary/aromatic N) is 3. The van der Waals surface area contributed by atoms with Gasteiger partial charge in [-0.2, -0.15) is 9.90 Å². The van der Waals surface area contributed by atoms with Crippen molar-refractivity contribution >= 4 is 5.78 Å². The number of ketones is 1. The molecule has 0 bridgehead atoms. The summed E-state index contributed by atoms with van der Waals surface area (Å²) in [5, 5.41) is 8.23. The predicted molar refractivity (Wildman–Crippen MR) is 65.1 cm³/mol.